The van der Waals surface area contributed by atoms with Gasteiger partial charge in [-0.25, -0.2) is 0 Å². The van der Waals surface area contributed by atoms with Crippen LogP contribution in [0, 0.1) is 0 Å². The van der Waals surface area contributed by atoms with Crippen molar-refractivity contribution in [3.05, 3.63) is 285 Å². The van der Waals surface area contributed by atoms with Gasteiger partial charge in [-0.2, -0.15) is 0 Å². The molecule has 0 bridgehead atoms. The van der Waals surface area contributed by atoms with Gasteiger partial charge in [0, 0.05) is 0 Å². The number of hydrogen-bond acceptors (Lipinski definition) is 0. The summed E-state index contributed by atoms with van der Waals surface area (Å²) >= 11 is -11.8. The molecule has 0 nitrogen and oxygen atoms in total. The zero-order chi connectivity index (χ0) is 60.9. The fourth-order valence-electron chi connectivity index (χ4n) is 19.2. The summed E-state index contributed by atoms with van der Waals surface area (Å²) in [6.07, 6.45) is 13.8. The van der Waals surface area contributed by atoms with E-state index in [-0.39, 0.29) is 14.5 Å². The van der Waals surface area contributed by atoms with Crippen LogP contribution in [0.5, 0.6) is 0 Å². The van der Waals surface area contributed by atoms with E-state index in [0.29, 0.717) is 0 Å². The van der Waals surface area contributed by atoms with Crippen molar-refractivity contribution in [1.82, 2.24) is 0 Å². The molecule has 0 saturated carbocycles. The van der Waals surface area contributed by atoms with Crippen molar-refractivity contribution < 1.29 is 28.1 Å². The predicted octanol–water partition coefficient (Wildman–Crippen LogP) is 24.3. The molecule has 14 rings (SSSR count). The van der Waals surface area contributed by atoms with Gasteiger partial charge in [0.1, 0.15) is 0 Å². The molecule has 4 unspecified atom stereocenters. The van der Waals surface area contributed by atoms with Crippen LogP contribution in [0.3, 0.4) is 0 Å². The van der Waals surface area contributed by atoms with Crippen LogP contribution in [-0.2, 0) is 28.1 Å². The topological polar surface area (TPSA) is 0 Å². The average molecular weight is 1420 g/mol. The minimum atomic E-state index is -5.89. The molecule has 4 aliphatic rings. The SMILES string of the molecule is C[SiH2][Zr]([Cl])([Cl])([CH2]CCCC[CH2][Zr]([Cl])([Cl])([SiH2]C)([CH]1C(C)=Cc2c(-c3ccccc3)cccc21)[CH]1C(C)=Cc2c(-c3cccc4ccccc34)cccc21)([CH]1C(C)=Cc2c(-c3ccccc3)cccc21)[CH]1C(C)=Cc2c(-c3cccc4ccccc34)cccc21. The molecule has 0 fully saturated rings. The summed E-state index contributed by atoms with van der Waals surface area (Å²) in [5, 5.41) is 5.01. The van der Waals surface area contributed by atoms with E-state index in [1.807, 2.05) is 0 Å². The van der Waals surface area contributed by atoms with Crippen LogP contribution in [0.15, 0.2) is 241 Å². The fraction of sp³-hybridized carbons (Fsp3) is 0.200. The Hall–Kier alpha value is -4.96. The van der Waals surface area contributed by atoms with Crippen LogP contribution in [0.1, 0.15) is 112 Å². The van der Waals surface area contributed by atoms with E-state index in [0.717, 1.165) is 33.9 Å². The molecule has 0 N–H and O–H groups in total. The van der Waals surface area contributed by atoms with Crippen molar-refractivity contribution in [3.8, 4) is 44.5 Å². The summed E-state index contributed by atoms with van der Waals surface area (Å²) in [5.41, 5.74) is 25.6. The third-order valence-electron chi connectivity index (χ3n) is 22.9. The second-order valence-electron chi connectivity index (χ2n) is 27.5. The molecule has 0 amide bonds. The van der Waals surface area contributed by atoms with Gasteiger partial charge in [-0.1, -0.05) is 0 Å². The van der Waals surface area contributed by atoms with Gasteiger partial charge in [-0.3, -0.25) is 0 Å². The van der Waals surface area contributed by atoms with Crippen LogP contribution >= 0.6 is 34.1 Å². The van der Waals surface area contributed by atoms with Gasteiger partial charge in [0.25, 0.3) is 0 Å². The first kappa shape index (κ1) is 60.6. The van der Waals surface area contributed by atoms with E-state index in [4.69, 9.17) is 0 Å². The third-order valence-corrected chi connectivity index (χ3v) is 133. The first-order valence-corrected chi connectivity index (χ1v) is 68.8. The first-order chi connectivity index (χ1) is 42.4. The molecular weight excluding hydrogens is 1340 g/mol. The van der Waals surface area contributed by atoms with Crippen molar-refractivity contribution in [2.75, 3.05) is 0 Å². The molecule has 4 atom stereocenters. The third kappa shape index (κ3) is 9.16. The van der Waals surface area contributed by atoms with Crippen LogP contribution < -0.4 is 0 Å². The molecule has 8 heteroatoms. The molecule has 0 aromatic heterocycles. The van der Waals surface area contributed by atoms with E-state index in [1.54, 1.807) is 0 Å². The van der Waals surface area contributed by atoms with Crippen molar-refractivity contribution in [2.45, 2.75) is 89.2 Å². The van der Waals surface area contributed by atoms with Crippen molar-refractivity contribution >= 4 is 93.2 Å². The van der Waals surface area contributed by atoms with Gasteiger partial charge < -0.3 is 0 Å². The molecule has 4 aliphatic carbocycles. The zero-order valence-corrected chi connectivity index (χ0v) is 62.3. The molecule has 442 valence electrons. The molecule has 0 aliphatic heterocycles. The molecule has 0 saturated heterocycles. The van der Waals surface area contributed by atoms with Crippen molar-refractivity contribution in [3.63, 3.8) is 0 Å². The average Bonchev–Trinajstić information content (AvgIpc) is 1.53. The van der Waals surface area contributed by atoms with E-state index in [9.17, 15) is 34.1 Å². The number of halogens is 4. The maximum atomic E-state index is 9.59. The van der Waals surface area contributed by atoms with Gasteiger partial charge in [0.15, 0.2) is 0 Å². The number of rotatable bonds is 17. The zero-order valence-electron chi connectivity index (χ0n) is 51.6. The molecular formula is C80H78Cl4Si2Zr2. The minimum absolute atomic E-state index is 0.0546. The molecule has 0 heterocycles. The summed E-state index contributed by atoms with van der Waals surface area (Å²) in [7, 11) is 38.4. The Bertz CT molecular complexity index is 4370. The Kier molecular flexibility index (Phi) is 15.0. The quantitative estimate of drug-likeness (QED) is 0.0630. The number of unbranched alkanes of at least 4 members (excludes halogenated alkanes) is 3. The van der Waals surface area contributed by atoms with Gasteiger partial charge >= 0.3 is 540 Å². The summed E-state index contributed by atoms with van der Waals surface area (Å²) in [6, 6.07) is 80.7. The Morgan fingerprint density at radius 2 is 0.568 bits per heavy atom. The second kappa shape index (κ2) is 21.8. The summed E-state index contributed by atoms with van der Waals surface area (Å²) in [4.78, 5) is 0. The summed E-state index contributed by atoms with van der Waals surface area (Å²) < 4.78 is 1.43. The van der Waals surface area contributed by atoms with Gasteiger partial charge in [0.05, 0.1) is 0 Å². The number of allylic oxidation sites excluding steroid dienone is 4. The first-order valence-electron chi connectivity index (χ1n) is 32.3. The Labute approximate surface area is 534 Å². The van der Waals surface area contributed by atoms with E-state index in [1.165, 1.54) is 133 Å². The molecule has 10 aromatic carbocycles. The monoisotopic (exact) mass is 1410 g/mol. The number of hydrogen-bond donors (Lipinski definition) is 0. The summed E-state index contributed by atoms with van der Waals surface area (Å²) in [6.45, 7) is 12.1. The molecule has 10 aromatic rings. The number of benzene rings is 10. The normalized spacial score (nSPS) is 19.6. The van der Waals surface area contributed by atoms with E-state index in [2.05, 4.69) is 283 Å². The van der Waals surface area contributed by atoms with Crippen molar-refractivity contribution in [2.24, 2.45) is 0 Å². The Morgan fingerprint density at radius 1 is 0.295 bits per heavy atom. The summed E-state index contributed by atoms with van der Waals surface area (Å²) in [5.74, 6) is 0. The van der Waals surface area contributed by atoms with Crippen molar-refractivity contribution in [1.29, 1.82) is 0 Å². The Morgan fingerprint density at radius 3 is 0.909 bits per heavy atom. The van der Waals surface area contributed by atoms with Crippen LogP contribution in [-0.4, -0.2) is 13.3 Å². The van der Waals surface area contributed by atoms with Crippen LogP contribution in [0.2, 0.25) is 21.4 Å². The molecule has 0 radical (unpaired) electrons. The Balaban J connectivity index is 0.867. The van der Waals surface area contributed by atoms with Gasteiger partial charge in [0.2, 0.25) is 0 Å². The second-order valence-corrected chi connectivity index (χ2v) is 134. The molecule has 88 heavy (non-hydrogen) atoms. The van der Waals surface area contributed by atoms with E-state index >= 15 is 0 Å². The van der Waals surface area contributed by atoms with Gasteiger partial charge in [-0.05, 0) is 0 Å². The number of fused-ring (bicyclic) bond motifs is 6. The predicted molar refractivity (Wildman–Crippen MR) is 388 cm³/mol. The maximum absolute atomic E-state index is 9.59. The van der Waals surface area contributed by atoms with E-state index < -0.39 is 41.4 Å². The standard InChI is InChI=1S/2C20H15.2C16H13.C6H12.2CH5Si.4ClH.2Zr/c2*1-14-12-16-8-5-11-19(20(16)13-14)18-10-4-7-15-6-2-3-9-17(15)18;2*1-12-10-14-8-5-9-15(16(14)11-12)13-6-3-2-4-7-13;1-3-5-6-4-2;2*1-2;;;;;;/h2*2-13H,1H3;2*2-11H,1H3;1-6H2;2*2H2,1H3;4*1H;;/q;;;;;;;;;;;2*+2/p-4. The fourth-order valence-corrected chi connectivity index (χ4v) is 106. The van der Waals surface area contributed by atoms with Gasteiger partial charge in [-0.15, -0.1) is 0 Å². The van der Waals surface area contributed by atoms with Crippen LogP contribution in [0.4, 0.5) is 0 Å². The van der Waals surface area contributed by atoms with Crippen LogP contribution in [0.25, 0.3) is 90.4 Å². The molecule has 0 spiro atoms.